The van der Waals surface area contributed by atoms with E-state index in [0.29, 0.717) is 23.6 Å². The Kier molecular flexibility index (Phi) is 4.10. The Bertz CT molecular complexity index is 830. The third-order valence-corrected chi connectivity index (χ3v) is 3.45. The van der Waals surface area contributed by atoms with Gasteiger partial charge in [-0.15, -0.1) is 0 Å². The van der Waals surface area contributed by atoms with Crippen LogP contribution in [0.1, 0.15) is 28.6 Å². The lowest BCUT2D eigenvalue weighted by atomic mass is 10.1. The second kappa shape index (κ2) is 6.36. The van der Waals surface area contributed by atoms with E-state index in [-0.39, 0.29) is 0 Å². The molecule has 0 unspecified atom stereocenters. The molecule has 0 aliphatic heterocycles. The van der Waals surface area contributed by atoms with Gasteiger partial charge in [-0.2, -0.15) is 0 Å². The third kappa shape index (κ3) is 3.40. The summed E-state index contributed by atoms with van der Waals surface area (Å²) in [7, 11) is 0. The van der Waals surface area contributed by atoms with Crippen LogP contribution in [0.2, 0.25) is 0 Å². The van der Waals surface area contributed by atoms with Gasteiger partial charge >= 0.3 is 0 Å². The zero-order chi connectivity index (χ0) is 16.2. The number of furan rings is 1. The van der Waals surface area contributed by atoms with Crippen molar-refractivity contribution in [3.63, 3.8) is 0 Å². The van der Waals surface area contributed by atoms with E-state index in [4.69, 9.17) is 15.0 Å². The molecular formula is C18H16N2O3. The van der Waals surface area contributed by atoms with E-state index in [1.165, 1.54) is 0 Å². The number of oxime groups is 1. The summed E-state index contributed by atoms with van der Waals surface area (Å²) in [6.45, 7) is 2.13. The van der Waals surface area contributed by atoms with Gasteiger partial charge in [0.15, 0.2) is 5.76 Å². The Hall–Kier alpha value is -3.08. The Morgan fingerprint density at radius 2 is 1.91 bits per heavy atom. The number of carbonyl (C=O) groups is 1. The van der Waals surface area contributed by atoms with Gasteiger partial charge in [-0.05, 0) is 36.8 Å². The van der Waals surface area contributed by atoms with Gasteiger partial charge in [0.05, 0.1) is 0 Å². The number of nitrogens with zero attached hydrogens (tertiary/aromatic N) is 1. The van der Waals surface area contributed by atoms with Crippen LogP contribution in [0, 0.1) is 0 Å². The highest BCUT2D eigenvalue weighted by Gasteiger charge is 2.06. The van der Waals surface area contributed by atoms with Crippen molar-refractivity contribution in [1.82, 2.24) is 0 Å². The fourth-order valence-corrected chi connectivity index (χ4v) is 2.17. The maximum absolute atomic E-state index is 11.0. The fourth-order valence-electron chi connectivity index (χ4n) is 2.17. The SMILES string of the molecule is C/C(=N/OCc1ccc(C(N)=O)cc1)c1cc2ccccc2o1. The summed E-state index contributed by atoms with van der Waals surface area (Å²) in [6.07, 6.45) is 0. The lowest BCUT2D eigenvalue weighted by Crippen LogP contribution is -2.10. The molecule has 0 bridgehead atoms. The van der Waals surface area contributed by atoms with Crippen molar-refractivity contribution in [2.45, 2.75) is 13.5 Å². The lowest BCUT2D eigenvalue weighted by Gasteiger charge is -2.02. The minimum absolute atomic E-state index is 0.302. The Balaban J connectivity index is 1.66. The smallest absolute Gasteiger partial charge is 0.248 e. The van der Waals surface area contributed by atoms with Crippen LogP contribution in [0.3, 0.4) is 0 Å². The maximum Gasteiger partial charge on any atom is 0.248 e. The number of primary amides is 1. The summed E-state index contributed by atoms with van der Waals surface area (Å²) in [5.74, 6) is 0.228. The second-order valence-electron chi connectivity index (χ2n) is 5.16. The molecule has 5 heteroatoms. The normalized spacial score (nSPS) is 11.6. The predicted octanol–water partition coefficient (Wildman–Crippen LogP) is 3.47. The van der Waals surface area contributed by atoms with Crippen LogP contribution >= 0.6 is 0 Å². The zero-order valence-electron chi connectivity index (χ0n) is 12.7. The Morgan fingerprint density at radius 1 is 1.17 bits per heavy atom. The van der Waals surface area contributed by atoms with Crippen molar-refractivity contribution < 1.29 is 14.0 Å². The summed E-state index contributed by atoms with van der Waals surface area (Å²) < 4.78 is 5.71. The highest BCUT2D eigenvalue weighted by Crippen LogP contribution is 2.19. The van der Waals surface area contributed by atoms with Crippen molar-refractivity contribution in [2.75, 3.05) is 0 Å². The minimum atomic E-state index is -0.448. The molecule has 0 saturated carbocycles. The van der Waals surface area contributed by atoms with Gasteiger partial charge in [-0.3, -0.25) is 4.79 Å². The van der Waals surface area contributed by atoms with Crippen molar-refractivity contribution in [2.24, 2.45) is 10.9 Å². The lowest BCUT2D eigenvalue weighted by molar-refractivity contribution is 0.1000. The molecule has 0 aliphatic carbocycles. The van der Waals surface area contributed by atoms with E-state index in [1.54, 1.807) is 24.3 Å². The number of fused-ring (bicyclic) bond motifs is 1. The van der Waals surface area contributed by atoms with Gasteiger partial charge < -0.3 is 15.0 Å². The molecule has 0 fully saturated rings. The average Bonchev–Trinajstić information content (AvgIpc) is 2.99. The molecule has 23 heavy (non-hydrogen) atoms. The first-order valence-corrected chi connectivity index (χ1v) is 7.18. The number of para-hydroxylation sites is 1. The van der Waals surface area contributed by atoms with Crippen molar-refractivity contribution >= 4 is 22.6 Å². The summed E-state index contributed by atoms with van der Waals surface area (Å²) in [5, 5.41) is 5.10. The van der Waals surface area contributed by atoms with Crippen molar-refractivity contribution in [3.05, 3.63) is 71.5 Å². The van der Waals surface area contributed by atoms with E-state index in [0.717, 1.165) is 16.5 Å². The molecule has 2 aromatic carbocycles. The Labute approximate surface area is 133 Å². The summed E-state index contributed by atoms with van der Waals surface area (Å²) >= 11 is 0. The quantitative estimate of drug-likeness (QED) is 0.579. The van der Waals surface area contributed by atoms with E-state index in [9.17, 15) is 4.79 Å². The summed E-state index contributed by atoms with van der Waals surface area (Å²) in [6, 6.07) is 16.6. The van der Waals surface area contributed by atoms with Crippen LogP contribution in [-0.4, -0.2) is 11.6 Å². The van der Waals surface area contributed by atoms with Gasteiger partial charge in [0.1, 0.15) is 17.9 Å². The molecule has 0 radical (unpaired) electrons. The molecular weight excluding hydrogens is 292 g/mol. The largest absolute Gasteiger partial charge is 0.455 e. The molecule has 0 saturated heterocycles. The van der Waals surface area contributed by atoms with Crippen LogP contribution in [-0.2, 0) is 11.4 Å². The molecule has 1 heterocycles. The first kappa shape index (κ1) is 14.8. The van der Waals surface area contributed by atoms with Crippen LogP contribution in [0.15, 0.2) is 64.2 Å². The number of hydrogen-bond donors (Lipinski definition) is 1. The third-order valence-electron chi connectivity index (χ3n) is 3.45. The van der Waals surface area contributed by atoms with Gasteiger partial charge in [0.25, 0.3) is 0 Å². The average molecular weight is 308 g/mol. The number of rotatable bonds is 5. The number of hydrogen-bond acceptors (Lipinski definition) is 4. The van der Waals surface area contributed by atoms with E-state index < -0.39 is 5.91 Å². The van der Waals surface area contributed by atoms with Crippen LogP contribution in [0.5, 0.6) is 0 Å². The van der Waals surface area contributed by atoms with Crippen molar-refractivity contribution in [1.29, 1.82) is 0 Å². The molecule has 116 valence electrons. The summed E-state index contributed by atoms with van der Waals surface area (Å²) in [5.41, 5.74) is 8.05. The second-order valence-corrected chi connectivity index (χ2v) is 5.16. The van der Waals surface area contributed by atoms with Gasteiger partial charge in [-0.1, -0.05) is 35.5 Å². The molecule has 5 nitrogen and oxygen atoms in total. The minimum Gasteiger partial charge on any atom is -0.455 e. The highest BCUT2D eigenvalue weighted by molar-refractivity contribution is 5.99. The zero-order valence-corrected chi connectivity index (χ0v) is 12.7. The number of nitrogens with two attached hydrogens (primary N) is 1. The van der Waals surface area contributed by atoms with E-state index >= 15 is 0 Å². The molecule has 2 N–H and O–H groups in total. The molecule has 0 atom stereocenters. The molecule has 3 rings (SSSR count). The maximum atomic E-state index is 11.0. The molecule has 0 spiro atoms. The highest BCUT2D eigenvalue weighted by atomic mass is 16.6. The molecule has 1 amide bonds. The van der Waals surface area contributed by atoms with Gasteiger partial charge in [0, 0.05) is 10.9 Å². The first-order chi connectivity index (χ1) is 11.1. The van der Waals surface area contributed by atoms with Crippen LogP contribution in [0.25, 0.3) is 11.0 Å². The first-order valence-electron chi connectivity index (χ1n) is 7.18. The van der Waals surface area contributed by atoms with Gasteiger partial charge in [-0.25, -0.2) is 0 Å². The molecule has 1 aromatic heterocycles. The fraction of sp³-hybridized carbons (Fsp3) is 0.111. The predicted molar refractivity (Wildman–Crippen MR) is 88.2 cm³/mol. The topological polar surface area (TPSA) is 77.8 Å². The monoisotopic (exact) mass is 308 g/mol. The van der Waals surface area contributed by atoms with Gasteiger partial charge in [0.2, 0.25) is 5.91 Å². The molecule has 3 aromatic rings. The standard InChI is InChI=1S/C18H16N2O3/c1-12(17-10-15-4-2-3-5-16(15)23-17)20-22-11-13-6-8-14(9-7-13)18(19)21/h2-10H,11H2,1H3,(H2,19,21)/b20-12-. The van der Waals surface area contributed by atoms with E-state index in [2.05, 4.69) is 5.16 Å². The van der Waals surface area contributed by atoms with Crippen LogP contribution < -0.4 is 5.73 Å². The van der Waals surface area contributed by atoms with Crippen LogP contribution in [0.4, 0.5) is 0 Å². The summed E-state index contributed by atoms with van der Waals surface area (Å²) in [4.78, 5) is 16.3. The molecule has 0 aliphatic rings. The van der Waals surface area contributed by atoms with E-state index in [1.807, 2.05) is 37.3 Å². The van der Waals surface area contributed by atoms with Crippen molar-refractivity contribution in [3.8, 4) is 0 Å². The Morgan fingerprint density at radius 3 is 2.61 bits per heavy atom. The number of carbonyl (C=O) groups excluding carboxylic acids is 1. The number of benzene rings is 2. The number of amides is 1.